The molecule has 1 aromatic heterocycles. The lowest BCUT2D eigenvalue weighted by atomic mass is 9.77. The summed E-state index contributed by atoms with van der Waals surface area (Å²) in [6.45, 7) is 6.53. The topological polar surface area (TPSA) is 62.7 Å². The molecule has 1 spiro atoms. The summed E-state index contributed by atoms with van der Waals surface area (Å²) in [4.78, 5) is 31.5. The minimum absolute atomic E-state index is 0.177. The highest BCUT2D eigenvalue weighted by molar-refractivity contribution is 7.16. The molecule has 0 atom stereocenters. The summed E-state index contributed by atoms with van der Waals surface area (Å²) in [5.41, 5.74) is -1.21. The Bertz CT molecular complexity index is 734. The fraction of sp³-hybridized carbons (Fsp3) is 0.706. The van der Waals surface area contributed by atoms with Gasteiger partial charge in [0.1, 0.15) is 10.6 Å². The van der Waals surface area contributed by atoms with Gasteiger partial charge >= 0.3 is 12.3 Å². The van der Waals surface area contributed by atoms with Crippen LogP contribution in [0.15, 0.2) is 6.20 Å². The van der Waals surface area contributed by atoms with Crippen LogP contribution in [0.5, 0.6) is 0 Å². The third kappa shape index (κ3) is 4.04. The molecule has 2 aliphatic heterocycles. The molecule has 2 fully saturated rings. The van der Waals surface area contributed by atoms with Crippen LogP contribution in [0.3, 0.4) is 0 Å². The number of likely N-dealkylation sites (tertiary alicyclic amines) is 1. The van der Waals surface area contributed by atoms with E-state index in [1.807, 2.05) is 0 Å². The zero-order valence-electron chi connectivity index (χ0n) is 15.4. The van der Waals surface area contributed by atoms with Crippen LogP contribution < -0.4 is 4.90 Å². The summed E-state index contributed by atoms with van der Waals surface area (Å²) in [6, 6.07) is 0. The molecule has 0 bridgehead atoms. The Labute approximate surface area is 159 Å². The lowest BCUT2D eigenvalue weighted by Gasteiger charge is -2.38. The Hall–Kier alpha value is -1.84. The molecule has 0 saturated carbocycles. The number of carbonyl (C=O) groups excluding carboxylic acids is 2. The summed E-state index contributed by atoms with van der Waals surface area (Å²) >= 11 is 0.484. The maximum atomic E-state index is 12.9. The van der Waals surface area contributed by atoms with Crippen molar-refractivity contribution in [3.8, 4) is 0 Å². The highest BCUT2D eigenvalue weighted by Crippen LogP contribution is 2.45. The largest absolute Gasteiger partial charge is 0.444 e. The molecule has 0 aliphatic carbocycles. The number of hydrogen-bond donors (Lipinski definition) is 0. The number of alkyl halides is 3. The van der Waals surface area contributed by atoms with Crippen LogP contribution in [0.4, 0.5) is 23.0 Å². The van der Waals surface area contributed by atoms with Crippen molar-refractivity contribution in [1.82, 2.24) is 9.88 Å². The van der Waals surface area contributed by atoms with E-state index in [0.29, 0.717) is 50.2 Å². The van der Waals surface area contributed by atoms with Crippen LogP contribution in [0.25, 0.3) is 0 Å². The average Bonchev–Trinajstić information content (AvgIpc) is 3.13. The first kappa shape index (κ1) is 19.9. The van der Waals surface area contributed by atoms with Crippen molar-refractivity contribution in [2.24, 2.45) is 5.41 Å². The van der Waals surface area contributed by atoms with Crippen molar-refractivity contribution < 1.29 is 27.5 Å². The standard InChI is InChI=1S/C17H22F3N3O3S/c1-15(2,3)26-14(25)22-7-4-16(5-8-22)6-9-23(13(16)24)11-10-21-12(27-11)17(18,19)20/h10H,4-9H2,1-3H3. The second-order valence-corrected chi connectivity index (χ2v) is 8.97. The molecule has 0 aromatic carbocycles. The molecule has 2 saturated heterocycles. The Morgan fingerprint density at radius 3 is 2.30 bits per heavy atom. The molecule has 150 valence electrons. The third-order valence-corrected chi connectivity index (χ3v) is 5.95. The van der Waals surface area contributed by atoms with E-state index in [0.717, 1.165) is 6.20 Å². The van der Waals surface area contributed by atoms with Crippen LogP contribution in [-0.2, 0) is 15.7 Å². The van der Waals surface area contributed by atoms with E-state index in [9.17, 15) is 22.8 Å². The molecule has 0 N–H and O–H groups in total. The zero-order valence-corrected chi connectivity index (χ0v) is 16.2. The minimum atomic E-state index is -4.51. The van der Waals surface area contributed by atoms with Crippen LogP contribution in [-0.4, -0.2) is 47.1 Å². The number of amides is 2. The number of piperidine rings is 1. The van der Waals surface area contributed by atoms with Crippen molar-refractivity contribution in [3.05, 3.63) is 11.2 Å². The highest BCUT2D eigenvalue weighted by atomic mass is 32.1. The van der Waals surface area contributed by atoms with Gasteiger partial charge in [0.25, 0.3) is 0 Å². The highest BCUT2D eigenvalue weighted by Gasteiger charge is 2.50. The number of hydrogen-bond acceptors (Lipinski definition) is 5. The third-order valence-electron chi connectivity index (χ3n) is 4.89. The number of carbonyl (C=O) groups is 2. The Morgan fingerprint density at radius 2 is 1.78 bits per heavy atom. The SMILES string of the molecule is CC(C)(C)OC(=O)N1CCC2(CC1)CCN(c1cnc(C(F)(F)F)s1)C2=O. The predicted molar refractivity (Wildman–Crippen MR) is 93.6 cm³/mol. The molecule has 3 heterocycles. The smallest absolute Gasteiger partial charge is 0.443 e. The maximum absolute atomic E-state index is 12.9. The fourth-order valence-corrected chi connectivity index (χ4v) is 4.27. The van der Waals surface area contributed by atoms with Gasteiger partial charge in [-0.25, -0.2) is 9.78 Å². The van der Waals surface area contributed by atoms with Crippen LogP contribution in [0.1, 0.15) is 45.0 Å². The number of rotatable bonds is 1. The van der Waals surface area contributed by atoms with Gasteiger partial charge in [-0.2, -0.15) is 13.2 Å². The summed E-state index contributed by atoms with van der Waals surface area (Å²) in [6.07, 6.45) is -2.29. The van der Waals surface area contributed by atoms with Gasteiger partial charge < -0.3 is 14.5 Å². The summed E-state index contributed by atoms with van der Waals surface area (Å²) in [7, 11) is 0. The monoisotopic (exact) mass is 405 g/mol. The molecule has 2 aliphatic rings. The van der Waals surface area contributed by atoms with Gasteiger partial charge in [-0.3, -0.25) is 4.79 Å². The number of thiazole rings is 1. The van der Waals surface area contributed by atoms with E-state index in [-0.39, 0.29) is 10.9 Å². The summed E-state index contributed by atoms with van der Waals surface area (Å²) < 4.78 is 43.7. The fourth-order valence-electron chi connectivity index (χ4n) is 3.46. The van der Waals surface area contributed by atoms with Crippen LogP contribution in [0, 0.1) is 5.41 Å². The molecule has 10 heteroatoms. The Kier molecular flexibility index (Phi) is 4.90. The molecule has 1 aromatic rings. The molecule has 0 unspecified atom stereocenters. The van der Waals surface area contributed by atoms with Gasteiger partial charge in [-0.1, -0.05) is 11.3 Å². The van der Waals surface area contributed by atoms with E-state index in [2.05, 4.69) is 4.98 Å². The van der Waals surface area contributed by atoms with E-state index in [4.69, 9.17) is 4.74 Å². The molecular weight excluding hydrogens is 383 g/mol. The molecular formula is C17H22F3N3O3S. The minimum Gasteiger partial charge on any atom is -0.444 e. The van der Waals surface area contributed by atoms with Crippen LogP contribution in [0.2, 0.25) is 0 Å². The normalized spacial score (nSPS) is 20.4. The molecule has 2 amide bonds. The predicted octanol–water partition coefficient (Wildman–Crippen LogP) is 3.92. The van der Waals surface area contributed by atoms with Crippen molar-refractivity contribution in [2.45, 2.75) is 51.8 Å². The molecule has 6 nitrogen and oxygen atoms in total. The van der Waals surface area contributed by atoms with Crippen molar-refractivity contribution in [1.29, 1.82) is 0 Å². The van der Waals surface area contributed by atoms with E-state index >= 15 is 0 Å². The number of halogens is 3. The van der Waals surface area contributed by atoms with Crippen molar-refractivity contribution in [2.75, 3.05) is 24.5 Å². The Morgan fingerprint density at radius 1 is 1.19 bits per heavy atom. The lowest BCUT2D eigenvalue weighted by Crippen LogP contribution is -2.47. The quantitative estimate of drug-likeness (QED) is 0.711. The van der Waals surface area contributed by atoms with Gasteiger partial charge in [0.2, 0.25) is 5.91 Å². The second kappa shape index (κ2) is 6.65. The zero-order chi connectivity index (χ0) is 20.0. The maximum Gasteiger partial charge on any atom is 0.443 e. The van der Waals surface area contributed by atoms with Crippen molar-refractivity contribution >= 4 is 28.3 Å². The number of anilines is 1. The van der Waals surface area contributed by atoms with Crippen LogP contribution >= 0.6 is 11.3 Å². The van der Waals surface area contributed by atoms with Gasteiger partial charge in [0.15, 0.2) is 5.01 Å². The number of aromatic nitrogens is 1. The van der Waals surface area contributed by atoms with Gasteiger partial charge in [0, 0.05) is 19.6 Å². The number of ether oxygens (including phenoxy) is 1. The lowest BCUT2D eigenvalue weighted by molar-refractivity contribution is -0.137. The van der Waals surface area contributed by atoms with Gasteiger partial charge in [-0.05, 0) is 40.0 Å². The van der Waals surface area contributed by atoms with E-state index in [1.54, 1.807) is 25.7 Å². The van der Waals surface area contributed by atoms with E-state index in [1.165, 1.54) is 4.90 Å². The molecule has 27 heavy (non-hydrogen) atoms. The second-order valence-electron chi connectivity index (χ2n) is 7.96. The summed E-state index contributed by atoms with van der Waals surface area (Å²) in [5, 5.41) is -0.732. The summed E-state index contributed by atoms with van der Waals surface area (Å²) in [5.74, 6) is -0.177. The molecule has 0 radical (unpaired) electrons. The van der Waals surface area contributed by atoms with Crippen molar-refractivity contribution in [3.63, 3.8) is 0 Å². The molecule has 3 rings (SSSR count). The number of nitrogens with zero attached hydrogens (tertiary/aromatic N) is 3. The first-order valence-electron chi connectivity index (χ1n) is 8.74. The van der Waals surface area contributed by atoms with Gasteiger partial charge in [-0.15, -0.1) is 0 Å². The average molecular weight is 405 g/mol. The van der Waals surface area contributed by atoms with Gasteiger partial charge in [0.05, 0.1) is 11.6 Å². The first-order valence-corrected chi connectivity index (χ1v) is 9.56. The Balaban J connectivity index is 1.65. The van der Waals surface area contributed by atoms with E-state index < -0.39 is 28.3 Å². The first-order chi connectivity index (χ1) is 12.4.